The summed E-state index contributed by atoms with van der Waals surface area (Å²) in [7, 11) is 0. The molecule has 1 aromatic heterocycles. The Labute approximate surface area is 107 Å². The lowest BCUT2D eigenvalue weighted by molar-refractivity contribution is -0.151. The number of carbonyl (C=O) groups is 1. The number of likely N-dealkylation sites (tertiary alicyclic amines) is 1. The molecule has 2 unspecified atom stereocenters. The van der Waals surface area contributed by atoms with Gasteiger partial charge in [-0.15, -0.1) is 0 Å². The average Bonchev–Trinajstić information content (AvgIpc) is 2.87. The van der Waals surface area contributed by atoms with Crippen LogP contribution in [0.15, 0.2) is 24.4 Å². The van der Waals surface area contributed by atoms with Crippen LogP contribution >= 0.6 is 0 Å². The summed E-state index contributed by atoms with van der Waals surface area (Å²) in [6.07, 6.45) is 2.58. The lowest BCUT2D eigenvalue weighted by Crippen LogP contribution is -2.49. The standard InChI is InChI=1S/C13H19N3O2/c1-13(12(17)18,11-4-2-3-6-15-11)16-7-5-10(8-14)9-16/h2-4,6,10H,5,7-9,14H2,1H3,(H,17,18). The van der Waals surface area contributed by atoms with E-state index in [-0.39, 0.29) is 0 Å². The van der Waals surface area contributed by atoms with E-state index < -0.39 is 11.5 Å². The van der Waals surface area contributed by atoms with Crippen molar-refractivity contribution in [3.05, 3.63) is 30.1 Å². The molecule has 1 aliphatic rings. The Morgan fingerprint density at radius 2 is 2.44 bits per heavy atom. The summed E-state index contributed by atoms with van der Waals surface area (Å²) in [6, 6.07) is 5.38. The first-order chi connectivity index (χ1) is 8.59. The van der Waals surface area contributed by atoms with E-state index in [0.29, 0.717) is 18.2 Å². The Morgan fingerprint density at radius 3 is 2.94 bits per heavy atom. The van der Waals surface area contributed by atoms with Crippen LogP contribution in [0.1, 0.15) is 19.0 Å². The number of pyridine rings is 1. The Hall–Kier alpha value is -1.46. The summed E-state index contributed by atoms with van der Waals surface area (Å²) in [6.45, 7) is 3.79. The summed E-state index contributed by atoms with van der Waals surface area (Å²) in [5, 5.41) is 9.59. The van der Waals surface area contributed by atoms with Crippen molar-refractivity contribution in [2.75, 3.05) is 19.6 Å². The van der Waals surface area contributed by atoms with Crippen LogP contribution in [-0.2, 0) is 10.3 Å². The van der Waals surface area contributed by atoms with Crippen LogP contribution in [0.25, 0.3) is 0 Å². The number of carboxylic acid groups (broad SMARTS) is 1. The Bertz CT molecular complexity index is 424. The van der Waals surface area contributed by atoms with Gasteiger partial charge in [-0.1, -0.05) is 6.07 Å². The van der Waals surface area contributed by atoms with Crippen molar-refractivity contribution in [1.82, 2.24) is 9.88 Å². The number of aliphatic carboxylic acids is 1. The van der Waals surface area contributed by atoms with E-state index in [1.165, 1.54) is 0 Å². The molecule has 5 heteroatoms. The predicted octanol–water partition coefficient (Wildman–Crippen LogP) is 0.662. The molecule has 0 aliphatic carbocycles. The van der Waals surface area contributed by atoms with E-state index in [0.717, 1.165) is 19.5 Å². The van der Waals surface area contributed by atoms with E-state index in [9.17, 15) is 9.90 Å². The molecule has 0 bridgehead atoms. The highest BCUT2D eigenvalue weighted by atomic mass is 16.4. The highest BCUT2D eigenvalue weighted by Gasteiger charge is 2.45. The number of aromatic nitrogens is 1. The Morgan fingerprint density at radius 1 is 1.67 bits per heavy atom. The van der Waals surface area contributed by atoms with Crippen LogP contribution in [0.4, 0.5) is 0 Å². The van der Waals surface area contributed by atoms with Crippen molar-refractivity contribution in [2.24, 2.45) is 11.7 Å². The van der Waals surface area contributed by atoms with Gasteiger partial charge in [0.2, 0.25) is 0 Å². The second-order valence-electron chi connectivity index (χ2n) is 4.93. The zero-order chi connectivity index (χ0) is 13.2. The minimum atomic E-state index is -1.06. The number of carboxylic acids is 1. The SMILES string of the molecule is CC(C(=O)O)(c1ccccn1)N1CCC(CN)C1. The molecule has 5 nitrogen and oxygen atoms in total. The van der Waals surface area contributed by atoms with Gasteiger partial charge in [0.15, 0.2) is 5.54 Å². The molecule has 18 heavy (non-hydrogen) atoms. The third-order valence-electron chi connectivity index (χ3n) is 3.83. The van der Waals surface area contributed by atoms with Gasteiger partial charge in [0.25, 0.3) is 0 Å². The van der Waals surface area contributed by atoms with Gasteiger partial charge >= 0.3 is 5.97 Å². The average molecular weight is 249 g/mol. The van der Waals surface area contributed by atoms with Crippen molar-refractivity contribution >= 4 is 5.97 Å². The van der Waals surface area contributed by atoms with E-state index in [1.807, 2.05) is 11.0 Å². The van der Waals surface area contributed by atoms with Gasteiger partial charge in [0, 0.05) is 12.7 Å². The van der Waals surface area contributed by atoms with E-state index >= 15 is 0 Å². The molecule has 98 valence electrons. The van der Waals surface area contributed by atoms with Gasteiger partial charge in [0.1, 0.15) is 0 Å². The molecule has 2 heterocycles. The Balaban J connectivity index is 2.31. The van der Waals surface area contributed by atoms with E-state index in [2.05, 4.69) is 4.98 Å². The normalized spacial score (nSPS) is 23.8. The lowest BCUT2D eigenvalue weighted by atomic mass is 9.95. The highest BCUT2D eigenvalue weighted by molar-refractivity contribution is 5.79. The van der Waals surface area contributed by atoms with Crippen LogP contribution in [-0.4, -0.2) is 40.6 Å². The predicted molar refractivity (Wildman–Crippen MR) is 68.0 cm³/mol. The number of rotatable bonds is 4. The molecule has 1 aliphatic heterocycles. The number of nitrogens with two attached hydrogens (primary N) is 1. The van der Waals surface area contributed by atoms with Crippen LogP contribution in [0.3, 0.4) is 0 Å². The summed E-state index contributed by atoms with van der Waals surface area (Å²) in [5.41, 5.74) is 5.18. The van der Waals surface area contributed by atoms with Crippen LogP contribution in [0.5, 0.6) is 0 Å². The summed E-state index contributed by atoms with van der Waals surface area (Å²) >= 11 is 0. The second kappa shape index (κ2) is 5.04. The second-order valence-corrected chi connectivity index (χ2v) is 4.93. The molecule has 1 saturated heterocycles. The van der Waals surface area contributed by atoms with Gasteiger partial charge in [-0.2, -0.15) is 0 Å². The van der Waals surface area contributed by atoms with Gasteiger partial charge in [-0.25, -0.2) is 4.79 Å². The summed E-state index contributed by atoms with van der Waals surface area (Å²) < 4.78 is 0. The first-order valence-electron chi connectivity index (χ1n) is 6.19. The molecule has 0 saturated carbocycles. The molecular weight excluding hydrogens is 230 g/mol. The largest absolute Gasteiger partial charge is 0.480 e. The van der Waals surface area contributed by atoms with Crippen molar-refractivity contribution in [1.29, 1.82) is 0 Å². The third-order valence-corrected chi connectivity index (χ3v) is 3.83. The minimum absolute atomic E-state index is 0.382. The molecule has 1 aromatic rings. The van der Waals surface area contributed by atoms with Crippen molar-refractivity contribution in [3.63, 3.8) is 0 Å². The molecule has 0 spiro atoms. The fourth-order valence-electron chi connectivity index (χ4n) is 2.49. The van der Waals surface area contributed by atoms with Crippen LogP contribution in [0, 0.1) is 5.92 Å². The molecule has 3 N–H and O–H groups in total. The molecule has 0 amide bonds. The molecule has 2 rings (SSSR count). The zero-order valence-corrected chi connectivity index (χ0v) is 10.5. The highest BCUT2D eigenvalue weighted by Crippen LogP contribution is 2.32. The first kappa shape index (κ1) is 13.0. The molecule has 2 atom stereocenters. The van der Waals surface area contributed by atoms with Crippen molar-refractivity contribution in [2.45, 2.75) is 18.9 Å². The fourth-order valence-corrected chi connectivity index (χ4v) is 2.49. The van der Waals surface area contributed by atoms with Crippen LogP contribution in [0.2, 0.25) is 0 Å². The van der Waals surface area contributed by atoms with Gasteiger partial charge < -0.3 is 10.8 Å². The molecule has 0 aromatic carbocycles. The number of nitrogens with zero attached hydrogens (tertiary/aromatic N) is 2. The van der Waals surface area contributed by atoms with E-state index in [4.69, 9.17) is 5.73 Å². The van der Waals surface area contributed by atoms with Crippen LogP contribution < -0.4 is 5.73 Å². The monoisotopic (exact) mass is 249 g/mol. The van der Waals surface area contributed by atoms with Gasteiger partial charge in [0.05, 0.1) is 5.69 Å². The Kier molecular flexibility index (Phi) is 3.63. The molecule has 0 radical (unpaired) electrons. The van der Waals surface area contributed by atoms with E-state index in [1.54, 1.807) is 25.3 Å². The quantitative estimate of drug-likeness (QED) is 0.819. The van der Waals surface area contributed by atoms with Gasteiger partial charge in [-0.3, -0.25) is 9.88 Å². The summed E-state index contributed by atoms with van der Waals surface area (Å²) in [5.74, 6) is -0.480. The van der Waals surface area contributed by atoms with Crippen molar-refractivity contribution < 1.29 is 9.90 Å². The smallest absolute Gasteiger partial charge is 0.330 e. The fraction of sp³-hybridized carbons (Fsp3) is 0.538. The zero-order valence-electron chi connectivity index (χ0n) is 10.5. The number of hydrogen-bond acceptors (Lipinski definition) is 4. The maximum absolute atomic E-state index is 11.7. The molecular formula is C13H19N3O2. The summed E-state index contributed by atoms with van der Waals surface area (Å²) in [4.78, 5) is 17.9. The molecule has 1 fully saturated rings. The lowest BCUT2D eigenvalue weighted by Gasteiger charge is -2.34. The first-order valence-corrected chi connectivity index (χ1v) is 6.19. The maximum Gasteiger partial charge on any atom is 0.330 e. The third kappa shape index (κ3) is 2.11. The maximum atomic E-state index is 11.7. The number of hydrogen-bond donors (Lipinski definition) is 2. The minimum Gasteiger partial charge on any atom is -0.480 e. The topological polar surface area (TPSA) is 79.5 Å². The van der Waals surface area contributed by atoms with Crippen molar-refractivity contribution in [3.8, 4) is 0 Å². The van der Waals surface area contributed by atoms with Gasteiger partial charge in [-0.05, 0) is 44.5 Å².